The third-order valence-electron chi connectivity index (χ3n) is 4.37. The summed E-state index contributed by atoms with van der Waals surface area (Å²) in [5.74, 6) is -0.121. The predicted molar refractivity (Wildman–Crippen MR) is 100 cm³/mol. The average molecular weight is 359 g/mol. The number of carbonyl (C=O) groups excluding carboxylic acids is 1. The molecule has 1 aromatic carbocycles. The van der Waals surface area contributed by atoms with Crippen LogP contribution in [-0.4, -0.2) is 46.2 Å². The highest BCUT2D eigenvalue weighted by atomic mass is 16.6. The van der Waals surface area contributed by atoms with E-state index in [0.717, 1.165) is 11.3 Å². The van der Waals surface area contributed by atoms with Gasteiger partial charge in [0.05, 0.1) is 4.92 Å². The fraction of sp³-hybridized carbons (Fsp3) is 0.444. The van der Waals surface area contributed by atoms with E-state index < -0.39 is 4.92 Å². The van der Waals surface area contributed by atoms with E-state index >= 15 is 0 Å². The molecule has 140 valence electrons. The van der Waals surface area contributed by atoms with Crippen LogP contribution in [0.1, 0.15) is 23.9 Å². The molecule has 8 heteroatoms. The highest BCUT2D eigenvalue weighted by Crippen LogP contribution is 2.22. The summed E-state index contributed by atoms with van der Waals surface area (Å²) in [5, 5.41) is 15.2. The standard InChI is InChI=1S/C18H25N5O3/c1-6-21(11-15-7-9-16(10-8-15)20(4)5)17(24)12-22-14(3)18(23(25)26)13(2)19-22/h7-10H,6,11-12H2,1-5H3. The molecule has 0 aliphatic carbocycles. The molecule has 0 spiro atoms. The third kappa shape index (κ3) is 4.19. The first-order chi connectivity index (χ1) is 12.2. The van der Waals surface area contributed by atoms with Crippen LogP contribution in [0.5, 0.6) is 0 Å². The van der Waals surface area contributed by atoms with Gasteiger partial charge in [0.2, 0.25) is 5.91 Å². The number of likely N-dealkylation sites (N-methyl/N-ethyl adjacent to an activating group) is 1. The molecule has 0 fully saturated rings. The molecule has 0 aliphatic rings. The van der Waals surface area contributed by atoms with Gasteiger partial charge in [0.25, 0.3) is 0 Å². The predicted octanol–water partition coefficient (Wildman–Crippen LogP) is 2.52. The van der Waals surface area contributed by atoms with Crippen molar-refractivity contribution in [3.63, 3.8) is 0 Å². The summed E-state index contributed by atoms with van der Waals surface area (Å²) < 4.78 is 1.41. The number of carbonyl (C=O) groups is 1. The normalized spacial score (nSPS) is 10.7. The van der Waals surface area contributed by atoms with Gasteiger partial charge in [-0.15, -0.1) is 0 Å². The lowest BCUT2D eigenvalue weighted by molar-refractivity contribution is -0.386. The molecule has 1 amide bonds. The summed E-state index contributed by atoms with van der Waals surface area (Å²) >= 11 is 0. The number of anilines is 1. The van der Waals surface area contributed by atoms with Crippen LogP contribution < -0.4 is 4.90 Å². The minimum Gasteiger partial charge on any atom is -0.378 e. The van der Waals surface area contributed by atoms with Crippen molar-refractivity contribution in [3.05, 3.63) is 51.3 Å². The van der Waals surface area contributed by atoms with Crippen LogP contribution in [0.15, 0.2) is 24.3 Å². The van der Waals surface area contributed by atoms with Crippen LogP contribution in [0, 0.1) is 24.0 Å². The van der Waals surface area contributed by atoms with E-state index in [1.54, 1.807) is 18.7 Å². The Hall–Kier alpha value is -2.90. The number of aryl methyl sites for hydroxylation is 1. The summed E-state index contributed by atoms with van der Waals surface area (Å²) in [7, 11) is 3.95. The number of hydrogen-bond donors (Lipinski definition) is 0. The van der Waals surface area contributed by atoms with Gasteiger partial charge in [-0.25, -0.2) is 0 Å². The Morgan fingerprint density at radius 1 is 1.23 bits per heavy atom. The van der Waals surface area contributed by atoms with Crippen LogP contribution in [0.4, 0.5) is 11.4 Å². The number of nitro groups is 1. The van der Waals surface area contributed by atoms with Gasteiger partial charge in [0, 0.05) is 32.9 Å². The number of amides is 1. The zero-order valence-corrected chi connectivity index (χ0v) is 15.9. The SMILES string of the molecule is CCN(Cc1ccc(N(C)C)cc1)C(=O)Cn1nc(C)c([N+](=O)[O-])c1C. The van der Waals surface area contributed by atoms with E-state index in [2.05, 4.69) is 5.10 Å². The maximum Gasteiger partial charge on any atom is 0.312 e. The smallest absolute Gasteiger partial charge is 0.312 e. The first-order valence-electron chi connectivity index (χ1n) is 8.47. The molecule has 0 aliphatic heterocycles. The lowest BCUT2D eigenvalue weighted by atomic mass is 10.2. The zero-order chi connectivity index (χ0) is 19.4. The van der Waals surface area contributed by atoms with Gasteiger partial charge in [0.15, 0.2) is 0 Å². The molecule has 26 heavy (non-hydrogen) atoms. The molecule has 1 aromatic heterocycles. The zero-order valence-electron chi connectivity index (χ0n) is 15.9. The molecule has 0 unspecified atom stereocenters. The molecule has 2 rings (SSSR count). The van der Waals surface area contributed by atoms with Crippen molar-refractivity contribution in [2.45, 2.75) is 33.9 Å². The van der Waals surface area contributed by atoms with Crippen molar-refractivity contribution in [3.8, 4) is 0 Å². The van der Waals surface area contributed by atoms with Crippen LogP contribution in [0.2, 0.25) is 0 Å². The Bertz CT molecular complexity index is 796. The minimum absolute atomic E-state index is 0.00979. The Kier molecular flexibility index (Phi) is 5.97. The summed E-state index contributed by atoms with van der Waals surface area (Å²) in [6.45, 7) is 6.14. The molecule has 0 N–H and O–H groups in total. The van der Waals surface area contributed by atoms with Gasteiger partial charge in [0.1, 0.15) is 17.9 Å². The number of rotatable bonds is 7. The molecule has 0 saturated carbocycles. The molecular formula is C18H25N5O3. The highest BCUT2D eigenvalue weighted by Gasteiger charge is 2.24. The van der Waals surface area contributed by atoms with Crippen molar-refractivity contribution in [2.75, 3.05) is 25.5 Å². The van der Waals surface area contributed by atoms with E-state index in [9.17, 15) is 14.9 Å². The van der Waals surface area contributed by atoms with Crippen LogP contribution >= 0.6 is 0 Å². The highest BCUT2D eigenvalue weighted by molar-refractivity contribution is 5.76. The molecule has 0 saturated heterocycles. The van der Waals surface area contributed by atoms with E-state index in [1.807, 2.05) is 50.2 Å². The van der Waals surface area contributed by atoms with Crippen molar-refractivity contribution in [1.29, 1.82) is 0 Å². The molecule has 2 aromatic rings. The number of hydrogen-bond acceptors (Lipinski definition) is 5. The van der Waals surface area contributed by atoms with Crippen molar-refractivity contribution in [2.24, 2.45) is 0 Å². The number of nitrogens with zero attached hydrogens (tertiary/aromatic N) is 5. The van der Waals surface area contributed by atoms with Crippen molar-refractivity contribution in [1.82, 2.24) is 14.7 Å². The maximum atomic E-state index is 12.7. The number of benzene rings is 1. The number of aromatic nitrogens is 2. The summed E-state index contributed by atoms with van der Waals surface area (Å²) in [6, 6.07) is 8.02. The topological polar surface area (TPSA) is 84.5 Å². The average Bonchev–Trinajstić information content (AvgIpc) is 2.86. The van der Waals surface area contributed by atoms with E-state index in [4.69, 9.17) is 0 Å². The van der Waals surface area contributed by atoms with Gasteiger partial charge in [-0.3, -0.25) is 19.6 Å². The fourth-order valence-corrected chi connectivity index (χ4v) is 2.83. The Balaban J connectivity index is 2.11. The first kappa shape index (κ1) is 19.4. The van der Waals surface area contributed by atoms with Crippen LogP contribution in [0.25, 0.3) is 0 Å². The van der Waals surface area contributed by atoms with Gasteiger partial charge < -0.3 is 9.80 Å². The summed E-state index contributed by atoms with van der Waals surface area (Å²) in [4.78, 5) is 27.0. The molecular weight excluding hydrogens is 334 g/mol. The van der Waals surface area contributed by atoms with E-state index in [-0.39, 0.29) is 18.1 Å². The van der Waals surface area contributed by atoms with Crippen LogP contribution in [0.3, 0.4) is 0 Å². The van der Waals surface area contributed by atoms with Crippen molar-refractivity contribution < 1.29 is 9.72 Å². The Morgan fingerprint density at radius 3 is 2.31 bits per heavy atom. The van der Waals surface area contributed by atoms with E-state index in [1.165, 1.54) is 4.68 Å². The first-order valence-corrected chi connectivity index (χ1v) is 8.47. The molecule has 8 nitrogen and oxygen atoms in total. The van der Waals surface area contributed by atoms with Crippen molar-refractivity contribution >= 4 is 17.3 Å². The second-order valence-electron chi connectivity index (χ2n) is 6.40. The molecule has 0 bridgehead atoms. The van der Waals surface area contributed by atoms with Gasteiger partial charge in [-0.2, -0.15) is 5.10 Å². The summed E-state index contributed by atoms with van der Waals surface area (Å²) in [6.07, 6.45) is 0. The lowest BCUT2D eigenvalue weighted by Gasteiger charge is -2.22. The van der Waals surface area contributed by atoms with Gasteiger partial charge >= 0.3 is 5.69 Å². The van der Waals surface area contributed by atoms with Crippen LogP contribution in [-0.2, 0) is 17.9 Å². The van der Waals surface area contributed by atoms with Gasteiger partial charge in [-0.1, -0.05) is 12.1 Å². The fourth-order valence-electron chi connectivity index (χ4n) is 2.83. The Morgan fingerprint density at radius 2 is 1.85 bits per heavy atom. The monoisotopic (exact) mass is 359 g/mol. The second kappa shape index (κ2) is 7.99. The second-order valence-corrected chi connectivity index (χ2v) is 6.40. The quantitative estimate of drug-likeness (QED) is 0.560. The lowest BCUT2D eigenvalue weighted by Crippen LogP contribution is -2.33. The molecule has 1 heterocycles. The molecule has 0 atom stereocenters. The van der Waals surface area contributed by atoms with Gasteiger partial charge in [-0.05, 0) is 38.5 Å². The Labute approximate surface area is 153 Å². The third-order valence-corrected chi connectivity index (χ3v) is 4.37. The maximum absolute atomic E-state index is 12.7. The van der Waals surface area contributed by atoms with E-state index in [0.29, 0.717) is 24.5 Å². The summed E-state index contributed by atoms with van der Waals surface area (Å²) in [5.41, 5.74) is 2.82. The minimum atomic E-state index is -0.456. The molecule has 0 radical (unpaired) electrons. The largest absolute Gasteiger partial charge is 0.378 e.